The minimum Gasteiger partial charge on any atom is -0.399 e. The summed E-state index contributed by atoms with van der Waals surface area (Å²) in [5.74, 6) is 0.579. The number of nitrogen functional groups attached to an aromatic ring is 2. The number of nitrogens with two attached hydrogens (primary N) is 2. The van der Waals surface area contributed by atoms with Gasteiger partial charge in [0.15, 0.2) is 0 Å². The van der Waals surface area contributed by atoms with Crippen molar-refractivity contribution in [2.24, 2.45) is 5.92 Å². The summed E-state index contributed by atoms with van der Waals surface area (Å²) in [5.41, 5.74) is 15.8. The van der Waals surface area contributed by atoms with Gasteiger partial charge in [0, 0.05) is 16.9 Å². The summed E-state index contributed by atoms with van der Waals surface area (Å²) in [5, 5.41) is 2.61. The van der Waals surface area contributed by atoms with Gasteiger partial charge in [-0.15, -0.1) is 0 Å². The summed E-state index contributed by atoms with van der Waals surface area (Å²) in [6, 6.07) is 18.0. The molecular weight excluding hydrogens is 437 g/mol. The Morgan fingerprint density at radius 2 is 1.54 bits per heavy atom. The van der Waals surface area contributed by atoms with Gasteiger partial charge in [0.1, 0.15) is 5.82 Å². The highest BCUT2D eigenvalue weighted by molar-refractivity contribution is 6.05. The van der Waals surface area contributed by atoms with Gasteiger partial charge in [0.05, 0.1) is 5.69 Å². The second-order valence-electron chi connectivity index (χ2n) is 9.87. The Morgan fingerprint density at radius 1 is 0.886 bits per heavy atom. The molecule has 5 heteroatoms. The smallest absolute Gasteiger partial charge is 0.255 e. The van der Waals surface area contributed by atoms with Crippen LogP contribution in [0.4, 0.5) is 21.5 Å². The normalized spacial score (nSPS) is 17.8. The Balaban J connectivity index is 1.37. The van der Waals surface area contributed by atoms with E-state index in [2.05, 4.69) is 36.5 Å². The first-order valence-corrected chi connectivity index (χ1v) is 12.8. The van der Waals surface area contributed by atoms with Gasteiger partial charge in [-0.3, -0.25) is 4.79 Å². The van der Waals surface area contributed by atoms with Crippen LogP contribution in [-0.4, -0.2) is 5.91 Å². The first-order chi connectivity index (χ1) is 16.9. The minimum absolute atomic E-state index is 0.118. The second kappa shape index (κ2) is 11.4. The fraction of sp³-hybridized carbons (Fsp3) is 0.367. The third-order valence-electron chi connectivity index (χ3n) is 7.24. The van der Waals surface area contributed by atoms with Gasteiger partial charge in [-0.2, -0.15) is 0 Å². The van der Waals surface area contributed by atoms with Crippen LogP contribution in [-0.2, 0) is 0 Å². The lowest BCUT2D eigenvalue weighted by atomic mass is 9.77. The monoisotopic (exact) mass is 473 g/mol. The fourth-order valence-corrected chi connectivity index (χ4v) is 5.21. The van der Waals surface area contributed by atoms with E-state index in [4.69, 9.17) is 11.5 Å². The van der Waals surface area contributed by atoms with Crippen molar-refractivity contribution in [1.29, 1.82) is 0 Å². The molecule has 0 aromatic heterocycles. The Hall–Kier alpha value is -3.34. The molecule has 0 heterocycles. The molecule has 4 rings (SSSR count). The van der Waals surface area contributed by atoms with Crippen molar-refractivity contribution >= 4 is 23.0 Å². The third kappa shape index (κ3) is 6.41. The van der Waals surface area contributed by atoms with Crippen LogP contribution in [0.5, 0.6) is 0 Å². The van der Waals surface area contributed by atoms with Gasteiger partial charge in [-0.25, -0.2) is 4.39 Å². The van der Waals surface area contributed by atoms with Crippen molar-refractivity contribution < 1.29 is 9.18 Å². The number of halogens is 1. The molecule has 1 amide bonds. The van der Waals surface area contributed by atoms with Crippen molar-refractivity contribution in [3.05, 3.63) is 77.6 Å². The van der Waals surface area contributed by atoms with Crippen LogP contribution in [0.2, 0.25) is 0 Å². The third-order valence-corrected chi connectivity index (χ3v) is 7.24. The molecule has 1 aliphatic carbocycles. The molecule has 0 aliphatic heterocycles. The fourth-order valence-electron chi connectivity index (χ4n) is 5.21. The maximum Gasteiger partial charge on any atom is 0.255 e. The molecule has 0 radical (unpaired) electrons. The van der Waals surface area contributed by atoms with Gasteiger partial charge in [-0.05, 0) is 84.5 Å². The number of hydrogen-bond acceptors (Lipinski definition) is 3. The predicted molar refractivity (Wildman–Crippen MR) is 144 cm³/mol. The largest absolute Gasteiger partial charge is 0.399 e. The summed E-state index contributed by atoms with van der Waals surface area (Å²) in [7, 11) is 0. The zero-order chi connectivity index (χ0) is 24.8. The lowest BCUT2D eigenvalue weighted by Gasteiger charge is -2.29. The molecule has 0 bridgehead atoms. The molecule has 0 saturated heterocycles. The SMILES string of the molecule is CCCCCC1CCC(c2ccc(-c3ccc(NC(=O)c4cc(N)cc(N)c4)c(F)c3)cc2)CC1. The first kappa shape index (κ1) is 24.8. The van der Waals surface area contributed by atoms with E-state index >= 15 is 0 Å². The molecule has 0 spiro atoms. The quantitative estimate of drug-likeness (QED) is 0.231. The minimum atomic E-state index is -0.488. The second-order valence-corrected chi connectivity index (χ2v) is 9.87. The number of rotatable bonds is 8. The maximum absolute atomic E-state index is 14.8. The van der Waals surface area contributed by atoms with Gasteiger partial charge >= 0.3 is 0 Å². The topological polar surface area (TPSA) is 81.1 Å². The standard InChI is InChI=1S/C30H36FN3O/c1-2-3-4-5-20-6-8-21(9-7-20)22-10-12-23(13-11-22)24-14-15-29(28(31)18-24)34-30(35)25-16-26(32)19-27(33)17-25/h10-21H,2-9,32-33H2,1H3,(H,34,35). The van der Waals surface area contributed by atoms with E-state index in [0.717, 1.165) is 17.0 Å². The number of anilines is 3. The van der Waals surface area contributed by atoms with Crippen LogP contribution in [0.1, 0.15) is 80.1 Å². The Bertz CT molecular complexity index is 1130. The van der Waals surface area contributed by atoms with Crippen molar-refractivity contribution in [3.63, 3.8) is 0 Å². The molecule has 1 aliphatic rings. The molecule has 0 unspecified atom stereocenters. The number of nitrogens with one attached hydrogen (secondary N) is 1. The Kier molecular flexibility index (Phi) is 8.06. The highest BCUT2D eigenvalue weighted by atomic mass is 19.1. The zero-order valence-corrected chi connectivity index (χ0v) is 20.5. The summed E-state index contributed by atoms with van der Waals surface area (Å²) in [6.45, 7) is 2.26. The number of unbranched alkanes of at least 4 members (excludes halogenated alkanes) is 2. The van der Waals surface area contributed by atoms with Crippen molar-refractivity contribution in [2.45, 2.75) is 64.2 Å². The van der Waals surface area contributed by atoms with E-state index in [1.165, 1.54) is 75.1 Å². The van der Waals surface area contributed by atoms with E-state index < -0.39 is 11.7 Å². The summed E-state index contributed by atoms with van der Waals surface area (Å²) in [6.07, 6.45) is 10.6. The number of amides is 1. The molecule has 1 fully saturated rings. The summed E-state index contributed by atoms with van der Waals surface area (Å²) in [4.78, 5) is 12.5. The average molecular weight is 474 g/mol. The number of carbonyl (C=O) groups excluding carboxylic acids is 1. The van der Waals surface area contributed by atoms with E-state index in [1.807, 2.05) is 6.07 Å². The van der Waals surface area contributed by atoms with Crippen LogP contribution >= 0.6 is 0 Å². The van der Waals surface area contributed by atoms with E-state index in [9.17, 15) is 9.18 Å². The first-order valence-electron chi connectivity index (χ1n) is 12.8. The van der Waals surface area contributed by atoms with Crippen LogP contribution in [0.25, 0.3) is 11.1 Å². The van der Waals surface area contributed by atoms with E-state index in [1.54, 1.807) is 12.1 Å². The molecule has 35 heavy (non-hydrogen) atoms. The van der Waals surface area contributed by atoms with Crippen molar-refractivity contribution in [1.82, 2.24) is 0 Å². The zero-order valence-electron chi connectivity index (χ0n) is 20.5. The van der Waals surface area contributed by atoms with Crippen LogP contribution in [0.15, 0.2) is 60.7 Å². The molecule has 3 aromatic carbocycles. The lowest BCUT2D eigenvalue weighted by molar-refractivity contribution is 0.102. The van der Waals surface area contributed by atoms with Crippen LogP contribution < -0.4 is 16.8 Å². The molecule has 0 atom stereocenters. The molecule has 184 valence electrons. The highest BCUT2D eigenvalue weighted by Gasteiger charge is 2.22. The molecule has 5 N–H and O–H groups in total. The number of hydrogen-bond donors (Lipinski definition) is 3. The van der Waals surface area contributed by atoms with Gasteiger partial charge < -0.3 is 16.8 Å². The van der Waals surface area contributed by atoms with Crippen molar-refractivity contribution in [2.75, 3.05) is 16.8 Å². The van der Waals surface area contributed by atoms with Gasteiger partial charge in [0.2, 0.25) is 0 Å². The van der Waals surface area contributed by atoms with Crippen LogP contribution in [0.3, 0.4) is 0 Å². The van der Waals surface area contributed by atoms with E-state index in [0.29, 0.717) is 17.3 Å². The van der Waals surface area contributed by atoms with Gasteiger partial charge in [0.25, 0.3) is 5.91 Å². The maximum atomic E-state index is 14.8. The average Bonchev–Trinajstić information content (AvgIpc) is 2.85. The summed E-state index contributed by atoms with van der Waals surface area (Å²) >= 11 is 0. The number of benzene rings is 3. The molecular formula is C30H36FN3O. The molecule has 3 aromatic rings. The van der Waals surface area contributed by atoms with Gasteiger partial charge in [-0.1, -0.05) is 62.9 Å². The van der Waals surface area contributed by atoms with E-state index in [-0.39, 0.29) is 11.3 Å². The molecule has 1 saturated carbocycles. The summed E-state index contributed by atoms with van der Waals surface area (Å²) < 4.78 is 14.8. The predicted octanol–water partition coefficient (Wildman–Crippen LogP) is 7.76. The Labute approximate surface area is 207 Å². The van der Waals surface area contributed by atoms with Crippen LogP contribution in [0, 0.1) is 11.7 Å². The number of carbonyl (C=O) groups is 1. The van der Waals surface area contributed by atoms with Crippen molar-refractivity contribution in [3.8, 4) is 11.1 Å². The lowest BCUT2D eigenvalue weighted by Crippen LogP contribution is -2.14. The Morgan fingerprint density at radius 3 is 2.17 bits per heavy atom. The highest BCUT2D eigenvalue weighted by Crippen LogP contribution is 2.38. The molecule has 4 nitrogen and oxygen atoms in total.